The highest BCUT2D eigenvalue weighted by molar-refractivity contribution is 9.10. The summed E-state index contributed by atoms with van der Waals surface area (Å²) in [5.74, 6) is 0. The summed E-state index contributed by atoms with van der Waals surface area (Å²) in [5, 5.41) is 10.7. The molecule has 0 radical (unpaired) electrons. The van der Waals surface area contributed by atoms with Gasteiger partial charge < -0.3 is 5.73 Å². The summed E-state index contributed by atoms with van der Waals surface area (Å²) in [6.45, 7) is 4.39. The second-order valence-corrected chi connectivity index (χ2v) is 5.31. The van der Waals surface area contributed by atoms with Crippen LogP contribution in [0.1, 0.15) is 24.3 Å². The predicted octanol–water partition coefficient (Wildman–Crippen LogP) is 2.75. The molecule has 88 valence electrons. The second kappa shape index (κ2) is 7.02. The van der Waals surface area contributed by atoms with E-state index < -0.39 is 0 Å². The fraction of sp³-hybridized carbons (Fsp3) is 0.545. The molecule has 0 saturated carbocycles. The van der Waals surface area contributed by atoms with E-state index in [2.05, 4.69) is 45.3 Å². The van der Waals surface area contributed by atoms with Crippen molar-refractivity contribution in [3.63, 3.8) is 0 Å². The van der Waals surface area contributed by atoms with Crippen LogP contribution in [0, 0.1) is 11.3 Å². The van der Waals surface area contributed by atoms with Crippen molar-refractivity contribution >= 4 is 27.3 Å². The van der Waals surface area contributed by atoms with Crippen molar-refractivity contribution in [2.24, 2.45) is 5.73 Å². The van der Waals surface area contributed by atoms with Crippen LogP contribution in [0.2, 0.25) is 0 Å². The zero-order valence-electron chi connectivity index (χ0n) is 9.32. The zero-order valence-corrected chi connectivity index (χ0v) is 11.7. The molecule has 1 atom stereocenters. The van der Waals surface area contributed by atoms with Gasteiger partial charge in [-0.15, -0.1) is 11.3 Å². The molecule has 0 fully saturated rings. The van der Waals surface area contributed by atoms with Gasteiger partial charge in [0.1, 0.15) is 0 Å². The largest absolute Gasteiger partial charge is 0.329 e. The van der Waals surface area contributed by atoms with Crippen molar-refractivity contribution in [1.82, 2.24) is 4.90 Å². The normalized spacial score (nSPS) is 12.7. The molecular formula is C11H16BrN3S. The molecule has 0 aliphatic heterocycles. The first-order valence-corrected chi connectivity index (χ1v) is 6.95. The van der Waals surface area contributed by atoms with E-state index in [1.165, 1.54) is 4.88 Å². The maximum absolute atomic E-state index is 8.63. The van der Waals surface area contributed by atoms with Crippen LogP contribution in [-0.4, -0.2) is 24.5 Å². The quantitative estimate of drug-likeness (QED) is 0.879. The van der Waals surface area contributed by atoms with Crippen LogP contribution in [0.15, 0.2) is 15.9 Å². The van der Waals surface area contributed by atoms with Crippen LogP contribution < -0.4 is 5.73 Å². The highest BCUT2D eigenvalue weighted by Crippen LogP contribution is 2.28. The Morgan fingerprint density at radius 1 is 1.69 bits per heavy atom. The summed E-state index contributed by atoms with van der Waals surface area (Å²) in [6, 6.07) is 4.52. The SMILES string of the molecule is CCN(CCC#N)C(CN)c1cc(Br)cs1. The van der Waals surface area contributed by atoms with E-state index in [1.807, 2.05) is 0 Å². The third-order valence-electron chi connectivity index (χ3n) is 2.50. The number of nitrogens with zero attached hydrogens (tertiary/aromatic N) is 2. The van der Waals surface area contributed by atoms with Crippen molar-refractivity contribution in [3.8, 4) is 6.07 Å². The van der Waals surface area contributed by atoms with Gasteiger partial charge in [-0.05, 0) is 28.5 Å². The molecule has 0 aliphatic rings. The third-order valence-corrected chi connectivity index (χ3v) is 4.29. The molecule has 1 heterocycles. The number of rotatable bonds is 6. The number of likely N-dealkylation sites (N-methyl/N-ethyl adjacent to an activating group) is 1. The van der Waals surface area contributed by atoms with Crippen LogP contribution in [-0.2, 0) is 0 Å². The third kappa shape index (κ3) is 3.56. The van der Waals surface area contributed by atoms with Crippen molar-refractivity contribution < 1.29 is 0 Å². The first-order chi connectivity index (χ1) is 7.72. The van der Waals surface area contributed by atoms with Gasteiger partial charge in [0, 0.05) is 34.2 Å². The van der Waals surface area contributed by atoms with Crippen LogP contribution >= 0.6 is 27.3 Å². The van der Waals surface area contributed by atoms with Gasteiger partial charge >= 0.3 is 0 Å². The van der Waals surface area contributed by atoms with E-state index >= 15 is 0 Å². The van der Waals surface area contributed by atoms with Gasteiger partial charge in [0.2, 0.25) is 0 Å². The highest BCUT2D eigenvalue weighted by atomic mass is 79.9. The highest BCUT2D eigenvalue weighted by Gasteiger charge is 2.18. The van der Waals surface area contributed by atoms with Crippen LogP contribution in [0.3, 0.4) is 0 Å². The van der Waals surface area contributed by atoms with E-state index in [0.717, 1.165) is 17.6 Å². The molecule has 3 nitrogen and oxygen atoms in total. The predicted molar refractivity (Wildman–Crippen MR) is 71.3 cm³/mol. The lowest BCUT2D eigenvalue weighted by molar-refractivity contribution is 0.220. The molecule has 0 bridgehead atoms. The van der Waals surface area contributed by atoms with Gasteiger partial charge in [0.05, 0.1) is 12.1 Å². The summed E-state index contributed by atoms with van der Waals surface area (Å²) in [4.78, 5) is 3.51. The lowest BCUT2D eigenvalue weighted by Gasteiger charge is -2.28. The van der Waals surface area contributed by atoms with Crippen LogP contribution in [0.5, 0.6) is 0 Å². The molecule has 0 spiro atoms. The number of nitrogens with two attached hydrogens (primary N) is 1. The number of thiophene rings is 1. The Morgan fingerprint density at radius 2 is 2.44 bits per heavy atom. The average Bonchev–Trinajstić information content (AvgIpc) is 2.70. The summed E-state index contributed by atoms with van der Waals surface area (Å²) < 4.78 is 1.10. The minimum Gasteiger partial charge on any atom is -0.329 e. The monoisotopic (exact) mass is 301 g/mol. The molecule has 1 unspecified atom stereocenters. The van der Waals surface area contributed by atoms with Crippen molar-refractivity contribution in [2.45, 2.75) is 19.4 Å². The molecule has 0 aliphatic carbocycles. The first-order valence-electron chi connectivity index (χ1n) is 5.27. The standard InChI is InChI=1S/C11H16BrN3S/c1-2-15(5-3-4-13)10(7-14)11-6-9(12)8-16-11/h6,8,10H,2-3,5,7,14H2,1H3. The van der Waals surface area contributed by atoms with Crippen molar-refractivity contribution in [3.05, 3.63) is 20.8 Å². The lowest BCUT2D eigenvalue weighted by atomic mass is 10.2. The summed E-state index contributed by atoms with van der Waals surface area (Å²) in [7, 11) is 0. The second-order valence-electron chi connectivity index (χ2n) is 3.46. The van der Waals surface area contributed by atoms with E-state index in [9.17, 15) is 0 Å². The molecule has 16 heavy (non-hydrogen) atoms. The number of hydrogen-bond donors (Lipinski definition) is 1. The molecule has 0 aromatic carbocycles. The van der Waals surface area contributed by atoms with Gasteiger partial charge in [0.25, 0.3) is 0 Å². The molecular weight excluding hydrogens is 286 g/mol. The topological polar surface area (TPSA) is 53.0 Å². The fourth-order valence-corrected chi connectivity index (χ4v) is 3.27. The van der Waals surface area contributed by atoms with Gasteiger partial charge in [-0.3, -0.25) is 4.90 Å². The minimum absolute atomic E-state index is 0.231. The summed E-state index contributed by atoms with van der Waals surface area (Å²) in [5.41, 5.74) is 5.83. The Labute approximate surface area is 109 Å². The van der Waals surface area contributed by atoms with E-state index in [-0.39, 0.29) is 6.04 Å². The average molecular weight is 302 g/mol. The van der Waals surface area contributed by atoms with E-state index in [1.54, 1.807) is 11.3 Å². The Bertz CT molecular complexity index is 358. The Kier molecular flexibility index (Phi) is 5.99. The summed E-state index contributed by atoms with van der Waals surface area (Å²) >= 11 is 5.16. The molecule has 1 aromatic heterocycles. The van der Waals surface area contributed by atoms with Gasteiger partial charge in [0.15, 0.2) is 0 Å². The maximum Gasteiger partial charge on any atom is 0.0635 e. The van der Waals surface area contributed by atoms with E-state index in [0.29, 0.717) is 13.0 Å². The Hall–Kier alpha value is -0.410. The zero-order chi connectivity index (χ0) is 12.0. The molecule has 2 N–H and O–H groups in total. The Morgan fingerprint density at radius 3 is 2.88 bits per heavy atom. The Balaban J connectivity index is 2.75. The van der Waals surface area contributed by atoms with Gasteiger partial charge in [-0.1, -0.05) is 6.92 Å². The number of halogens is 1. The van der Waals surface area contributed by atoms with E-state index in [4.69, 9.17) is 11.0 Å². The first kappa shape index (κ1) is 13.7. The van der Waals surface area contributed by atoms with Crippen LogP contribution in [0.4, 0.5) is 0 Å². The lowest BCUT2D eigenvalue weighted by Crippen LogP contribution is -2.33. The van der Waals surface area contributed by atoms with Crippen LogP contribution in [0.25, 0.3) is 0 Å². The number of nitriles is 1. The fourth-order valence-electron chi connectivity index (χ4n) is 1.68. The minimum atomic E-state index is 0.231. The molecule has 0 saturated heterocycles. The van der Waals surface area contributed by atoms with Crippen molar-refractivity contribution in [1.29, 1.82) is 5.26 Å². The molecule has 1 aromatic rings. The van der Waals surface area contributed by atoms with Gasteiger partial charge in [-0.2, -0.15) is 5.26 Å². The molecule has 5 heteroatoms. The summed E-state index contributed by atoms with van der Waals surface area (Å²) in [6.07, 6.45) is 0.552. The number of hydrogen-bond acceptors (Lipinski definition) is 4. The smallest absolute Gasteiger partial charge is 0.0635 e. The molecule has 0 amide bonds. The van der Waals surface area contributed by atoms with Crippen molar-refractivity contribution in [2.75, 3.05) is 19.6 Å². The molecule has 1 rings (SSSR count). The van der Waals surface area contributed by atoms with Gasteiger partial charge in [-0.25, -0.2) is 0 Å². The maximum atomic E-state index is 8.63.